The van der Waals surface area contributed by atoms with E-state index >= 15 is 0 Å². The molecule has 0 amide bonds. The van der Waals surface area contributed by atoms with Gasteiger partial charge in [-0.3, -0.25) is 0 Å². The SMILES string of the molecule is C=C.C=C.[CH3-].[CH3-].[Cl][Pt+].[Cl][Pt+]. The summed E-state index contributed by atoms with van der Waals surface area (Å²) in [4.78, 5) is 0. The molecule has 0 nitrogen and oxygen atoms in total. The topological polar surface area (TPSA) is 0 Å². The second-order valence-electron chi connectivity index (χ2n) is 0. The van der Waals surface area contributed by atoms with Crippen LogP contribution in [0.15, 0.2) is 26.3 Å². The predicted octanol–water partition coefficient (Wildman–Crippen LogP) is 3.88. The summed E-state index contributed by atoms with van der Waals surface area (Å²) in [5.74, 6) is 0. The first-order valence-corrected chi connectivity index (χ1v) is 6.87. The van der Waals surface area contributed by atoms with Gasteiger partial charge in [0.1, 0.15) is 0 Å². The van der Waals surface area contributed by atoms with E-state index in [1.54, 1.807) is 37.5 Å². The van der Waals surface area contributed by atoms with Crippen molar-refractivity contribution in [2.45, 2.75) is 0 Å². The van der Waals surface area contributed by atoms with Gasteiger partial charge in [0.2, 0.25) is 0 Å². The average Bonchev–Trinajstić information content (AvgIpc) is 2.03. The normalized spacial score (nSPS) is 2.20. The molecule has 0 heterocycles. The molecule has 0 aromatic carbocycles. The van der Waals surface area contributed by atoms with E-state index in [-0.39, 0.29) is 14.9 Å². The van der Waals surface area contributed by atoms with Crippen LogP contribution in [0, 0.1) is 14.9 Å². The summed E-state index contributed by atoms with van der Waals surface area (Å²) in [6, 6.07) is 0. The van der Waals surface area contributed by atoms with Gasteiger partial charge < -0.3 is 14.9 Å². The first-order chi connectivity index (χ1) is 4.00. The second-order valence-corrected chi connectivity index (χ2v) is 0. The van der Waals surface area contributed by atoms with Gasteiger partial charge in [-0.1, -0.05) is 0 Å². The first-order valence-electron chi connectivity index (χ1n) is 1.24. The molecule has 10 heavy (non-hydrogen) atoms. The predicted molar refractivity (Wildman–Crippen MR) is 47.0 cm³/mol. The molecule has 0 aliphatic heterocycles. The van der Waals surface area contributed by atoms with E-state index in [2.05, 4.69) is 45.2 Å². The average molecular weight is 547 g/mol. The third kappa shape index (κ3) is 325. The van der Waals surface area contributed by atoms with Crippen molar-refractivity contribution in [1.82, 2.24) is 0 Å². The van der Waals surface area contributed by atoms with Crippen molar-refractivity contribution in [3.05, 3.63) is 41.2 Å². The van der Waals surface area contributed by atoms with Gasteiger partial charge in [0.05, 0.1) is 0 Å². The Morgan fingerprint density at radius 1 is 0.600 bits per heavy atom. The Morgan fingerprint density at radius 3 is 0.600 bits per heavy atom. The van der Waals surface area contributed by atoms with Gasteiger partial charge >= 0.3 is 56.4 Å². The number of rotatable bonds is 0. The first kappa shape index (κ1) is 42.1. The van der Waals surface area contributed by atoms with Crippen LogP contribution in [-0.4, -0.2) is 0 Å². The molecule has 0 saturated carbocycles. The standard InChI is InChI=1S/2C2H4.2CH3.2ClH.2Pt/c2*1-2;;;;;;/h2*1-2H2;2*1H3;2*1H;;/q;;2*-1;;;2*+2/p-2. The maximum absolute atomic E-state index is 4.61. The third-order valence-electron chi connectivity index (χ3n) is 0. The van der Waals surface area contributed by atoms with Gasteiger partial charge in [-0.15, -0.1) is 26.3 Å². The molecule has 0 bridgehead atoms. The van der Waals surface area contributed by atoms with Gasteiger partial charge in [0.25, 0.3) is 0 Å². The van der Waals surface area contributed by atoms with E-state index in [0.29, 0.717) is 0 Å². The molecule has 0 rings (SSSR count). The van der Waals surface area contributed by atoms with Gasteiger partial charge in [-0.25, -0.2) is 0 Å². The third-order valence-corrected chi connectivity index (χ3v) is 0. The van der Waals surface area contributed by atoms with E-state index in [4.69, 9.17) is 0 Å². The summed E-state index contributed by atoms with van der Waals surface area (Å²) in [7, 11) is 9.22. The number of hydrogen-bond acceptors (Lipinski definition) is 0. The van der Waals surface area contributed by atoms with Crippen molar-refractivity contribution in [3.8, 4) is 0 Å². The fourth-order valence-electron chi connectivity index (χ4n) is 0. The molecule has 0 spiro atoms. The molecule has 0 aromatic heterocycles. The van der Waals surface area contributed by atoms with Gasteiger partial charge in [-0.05, 0) is 0 Å². The number of hydrogen-bond donors (Lipinski definition) is 0. The summed E-state index contributed by atoms with van der Waals surface area (Å²) in [6.07, 6.45) is 0. The fraction of sp³-hybridized carbons (Fsp3) is 0. The number of halogens is 2. The molecule has 0 fully saturated rings. The Balaban J connectivity index is -0.00000000500. The molecular weight excluding hydrogens is 533 g/mol. The minimum absolute atomic E-state index is 0. The molecule has 4 heteroatoms. The van der Waals surface area contributed by atoms with E-state index in [0.717, 1.165) is 0 Å². The van der Waals surface area contributed by atoms with E-state index in [9.17, 15) is 0 Å². The zero-order valence-corrected chi connectivity index (χ0v) is 12.3. The summed E-state index contributed by atoms with van der Waals surface area (Å²) in [5.41, 5.74) is 0. The fourth-order valence-corrected chi connectivity index (χ4v) is 0. The zero-order chi connectivity index (χ0) is 8.00. The van der Waals surface area contributed by atoms with Crippen molar-refractivity contribution in [3.63, 3.8) is 0 Å². The monoisotopic (exact) mass is 546 g/mol. The van der Waals surface area contributed by atoms with Crippen LogP contribution >= 0.6 is 18.8 Å². The van der Waals surface area contributed by atoms with Gasteiger partial charge in [-0.2, -0.15) is 0 Å². The summed E-state index contributed by atoms with van der Waals surface area (Å²) < 4.78 is 0. The molecule has 0 aliphatic carbocycles. The molecular formula is C6H14Cl2Pt2. The Labute approximate surface area is 96.7 Å². The maximum atomic E-state index is 4.61. The molecule has 0 saturated heterocycles. The van der Waals surface area contributed by atoms with Gasteiger partial charge in [0, 0.05) is 0 Å². The van der Waals surface area contributed by atoms with Crippen LogP contribution in [0.2, 0.25) is 0 Å². The van der Waals surface area contributed by atoms with Crippen molar-refractivity contribution >= 4 is 18.8 Å². The summed E-state index contributed by atoms with van der Waals surface area (Å²) in [5, 5.41) is 0. The van der Waals surface area contributed by atoms with E-state index in [1.165, 1.54) is 0 Å². The summed E-state index contributed by atoms with van der Waals surface area (Å²) >= 11 is 3.22. The molecule has 0 atom stereocenters. The van der Waals surface area contributed by atoms with Crippen molar-refractivity contribution in [2.24, 2.45) is 0 Å². The molecule has 0 aliphatic rings. The van der Waals surface area contributed by atoms with Crippen molar-refractivity contribution in [1.29, 1.82) is 0 Å². The molecule has 0 aromatic rings. The van der Waals surface area contributed by atoms with Crippen LogP contribution in [0.5, 0.6) is 0 Å². The van der Waals surface area contributed by atoms with Crippen molar-refractivity contribution in [2.75, 3.05) is 0 Å². The summed E-state index contributed by atoms with van der Waals surface area (Å²) in [6.45, 7) is 12.0. The Morgan fingerprint density at radius 2 is 0.600 bits per heavy atom. The zero-order valence-electron chi connectivity index (χ0n) is 6.22. The quantitative estimate of drug-likeness (QED) is 0.319. The Hall–Kier alpha value is 1.44. The van der Waals surface area contributed by atoms with Crippen LogP contribution in [0.1, 0.15) is 0 Å². The van der Waals surface area contributed by atoms with Crippen LogP contribution < -0.4 is 0 Å². The second kappa shape index (κ2) is 450. The van der Waals surface area contributed by atoms with Gasteiger partial charge in [0.15, 0.2) is 0 Å². The Kier molecular flexibility index (Phi) is 1900. The van der Waals surface area contributed by atoms with Crippen molar-refractivity contribution < 1.29 is 37.5 Å². The van der Waals surface area contributed by atoms with E-state index < -0.39 is 0 Å². The molecule has 0 unspecified atom stereocenters. The van der Waals surface area contributed by atoms with Crippen LogP contribution in [-0.2, 0) is 37.5 Å². The Bertz CT molecular complexity index is 15.7. The van der Waals surface area contributed by atoms with Crippen LogP contribution in [0.4, 0.5) is 0 Å². The molecule has 72 valence electrons. The van der Waals surface area contributed by atoms with Crippen LogP contribution in [0.25, 0.3) is 0 Å². The molecule has 0 radical (unpaired) electrons. The molecule has 0 N–H and O–H groups in total. The van der Waals surface area contributed by atoms with E-state index in [1.807, 2.05) is 0 Å². The minimum atomic E-state index is 0. The van der Waals surface area contributed by atoms with Crippen LogP contribution in [0.3, 0.4) is 0 Å².